The minimum atomic E-state index is -0.171. The normalized spacial score (nSPS) is 50.3. The molecule has 1 aliphatic heterocycles. The maximum atomic E-state index is 11.8. The van der Waals surface area contributed by atoms with Crippen LogP contribution in [0.15, 0.2) is 0 Å². The molecule has 0 bridgehead atoms. The summed E-state index contributed by atoms with van der Waals surface area (Å²) in [6, 6.07) is 0. The Morgan fingerprint density at radius 2 is 1.78 bits per heavy atom. The summed E-state index contributed by atoms with van der Waals surface area (Å²) in [5.74, 6) is 1.23. The molecular formula is C16H26O2. The summed E-state index contributed by atoms with van der Waals surface area (Å²) in [6.07, 6.45) is 6.86. The SMILES string of the molecule is CC12CC[C@@H]3C(C)(C)CCCC3(C)C1CC(=O)O2. The Morgan fingerprint density at radius 3 is 2.50 bits per heavy atom. The zero-order valence-corrected chi connectivity index (χ0v) is 12.2. The first-order valence-electron chi connectivity index (χ1n) is 7.50. The van der Waals surface area contributed by atoms with Crippen molar-refractivity contribution in [2.24, 2.45) is 22.7 Å². The van der Waals surface area contributed by atoms with E-state index in [1.807, 2.05) is 0 Å². The van der Waals surface area contributed by atoms with Crippen LogP contribution in [0.25, 0.3) is 0 Å². The highest BCUT2D eigenvalue weighted by Gasteiger charge is 2.62. The smallest absolute Gasteiger partial charge is 0.306 e. The lowest BCUT2D eigenvalue weighted by Crippen LogP contribution is -2.55. The van der Waals surface area contributed by atoms with E-state index < -0.39 is 0 Å². The third kappa shape index (κ3) is 1.50. The van der Waals surface area contributed by atoms with Gasteiger partial charge in [0.2, 0.25) is 0 Å². The molecule has 3 aliphatic rings. The van der Waals surface area contributed by atoms with E-state index in [1.165, 1.54) is 25.7 Å². The average Bonchev–Trinajstić information content (AvgIpc) is 2.53. The number of carbonyl (C=O) groups excluding carboxylic acids is 1. The number of carbonyl (C=O) groups is 1. The molecule has 2 aliphatic carbocycles. The molecule has 4 atom stereocenters. The van der Waals surface area contributed by atoms with Gasteiger partial charge in [-0.2, -0.15) is 0 Å². The van der Waals surface area contributed by atoms with Crippen LogP contribution in [-0.4, -0.2) is 11.6 Å². The van der Waals surface area contributed by atoms with Crippen molar-refractivity contribution in [3.05, 3.63) is 0 Å². The van der Waals surface area contributed by atoms with Gasteiger partial charge in [-0.05, 0) is 49.4 Å². The molecule has 0 N–H and O–H groups in total. The molecule has 102 valence electrons. The molecule has 0 aromatic rings. The van der Waals surface area contributed by atoms with Crippen molar-refractivity contribution in [3.8, 4) is 0 Å². The van der Waals surface area contributed by atoms with Gasteiger partial charge in [0.25, 0.3) is 0 Å². The van der Waals surface area contributed by atoms with Gasteiger partial charge in [-0.3, -0.25) is 4.79 Å². The van der Waals surface area contributed by atoms with Crippen LogP contribution in [0.3, 0.4) is 0 Å². The Bertz CT molecular complexity index is 387. The van der Waals surface area contributed by atoms with Gasteiger partial charge in [0.1, 0.15) is 5.60 Å². The number of fused-ring (bicyclic) bond motifs is 3. The van der Waals surface area contributed by atoms with Crippen LogP contribution < -0.4 is 0 Å². The zero-order valence-electron chi connectivity index (χ0n) is 12.2. The third-order valence-corrected chi connectivity index (χ3v) is 6.46. The van der Waals surface area contributed by atoms with Gasteiger partial charge >= 0.3 is 5.97 Å². The predicted octanol–water partition coefficient (Wildman–Crippen LogP) is 3.93. The molecule has 0 aromatic heterocycles. The molecule has 0 radical (unpaired) electrons. The highest BCUT2D eigenvalue weighted by Crippen LogP contribution is 2.64. The third-order valence-electron chi connectivity index (χ3n) is 6.46. The Labute approximate surface area is 110 Å². The molecule has 1 saturated heterocycles. The first-order chi connectivity index (χ1) is 8.28. The molecule has 2 heteroatoms. The van der Waals surface area contributed by atoms with Gasteiger partial charge in [-0.25, -0.2) is 0 Å². The summed E-state index contributed by atoms with van der Waals surface area (Å²) >= 11 is 0. The lowest BCUT2D eigenvalue weighted by Gasteiger charge is -2.59. The fourth-order valence-corrected chi connectivity index (χ4v) is 5.65. The van der Waals surface area contributed by atoms with Gasteiger partial charge < -0.3 is 4.74 Å². The fourth-order valence-electron chi connectivity index (χ4n) is 5.65. The van der Waals surface area contributed by atoms with E-state index in [4.69, 9.17) is 4.74 Å². The second-order valence-electron chi connectivity index (χ2n) is 7.98. The van der Waals surface area contributed by atoms with Crippen LogP contribution in [0, 0.1) is 22.7 Å². The molecule has 2 saturated carbocycles. The molecule has 0 spiro atoms. The maximum absolute atomic E-state index is 11.8. The number of esters is 1. The molecule has 3 rings (SSSR count). The summed E-state index contributed by atoms with van der Waals surface area (Å²) in [5.41, 5.74) is 0.566. The van der Waals surface area contributed by atoms with Crippen LogP contribution in [-0.2, 0) is 9.53 Å². The largest absolute Gasteiger partial charge is 0.459 e. The molecule has 18 heavy (non-hydrogen) atoms. The topological polar surface area (TPSA) is 26.3 Å². The van der Waals surface area contributed by atoms with Crippen molar-refractivity contribution in [1.29, 1.82) is 0 Å². The average molecular weight is 250 g/mol. The molecule has 3 unspecified atom stereocenters. The second-order valence-corrected chi connectivity index (χ2v) is 7.98. The van der Waals surface area contributed by atoms with Crippen LogP contribution in [0.2, 0.25) is 0 Å². The van der Waals surface area contributed by atoms with Crippen molar-refractivity contribution in [1.82, 2.24) is 0 Å². The van der Waals surface area contributed by atoms with Gasteiger partial charge in [-0.15, -0.1) is 0 Å². The monoisotopic (exact) mass is 250 g/mol. The van der Waals surface area contributed by atoms with E-state index in [9.17, 15) is 4.79 Å². The number of hydrogen-bond donors (Lipinski definition) is 0. The molecular weight excluding hydrogens is 224 g/mol. The summed E-state index contributed by atoms with van der Waals surface area (Å²) in [4.78, 5) is 11.8. The molecule has 2 nitrogen and oxygen atoms in total. The molecule has 3 fully saturated rings. The van der Waals surface area contributed by atoms with E-state index in [0.717, 1.165) is 12.3 Å². The standard InChI is InChI=1S/C16H26O2/c1-14(2)7-5-8-15(3)11(14)6-9-16(4)12(15)10-13(17)18-16/h11-12H,5-10H2,1-4H3/t11-,12?,15?,16?/m1/s1. The van der Waals surface area contributed by atoms with Crippen molar-refractivity contribution in [2.75, 3.05) is 0 Å². The number of hydrogen-bond acceptors (Lipinski definition) is 2. The Kier molecular flexibility index (Phi) is 2.44. The van der Waals surface area contributed by atoms with E-state index in [-0.39, 0.29) is 11.6 Å². The van der Waals surface area contributed by atoms with Crippen LogP contribution in [0.1, 0.15) is 66.2 Å². The quantitative estimate of drug-likeness (QED) is 0.609. The van der Waals surface area contributed by atoms with Crippen molar-refractivity contribution >= 4 is 5.97 Å². The second kappa shape index (κ2) is 3.52. The molecule has 1 heterocycles. The number of ether oxygens (including phenoxy) is 1. The Morgan fingerprint density at radius 1 is 1.06 bits per heavy atom. The Hall–Kier alpha value is -0.530. The van der Waals surface area contributed by atoms with E-state index in [2.05, 4.69) is 27.7 Å². The van der Waals surface area contributed by atoms with Crippen LogP contribution in [0.4, 0.5) is 0 Å². The number of rotatable bonds is 0. The lowest BCUT2D eigenvalue weighted by atomic mass is 9.45. The van der Waals surface area contributed by atoms with Gasteiger partial charge in [-0.1, -0.05) is 27.2 Å². The fraction of sp³-hybridized carbons (Fsp3) is 0.938. The first kappa shape index (κ1) is 12.5. The lowest BCUT2D eigenvalue weighted by molar-refractivity contribution is -0.164. The summed E-state index contributed by atoms with van der Waals surface area (Å²) in [7, 11) is 0. The maximum Gasteiger partial charge on any atom is 0.306 e. The van der Waals surface area contributed by atoms with Crippen molar-refractivity contribution < 1.29 is 9.53 Å². The summed E-state index contributed by atoms with van der Waals surface area (Å²) < 4.78 is 5.70. The van der Waals surface area contributed by atoms with Gasteiger partial charge in [0, 0.05) is 5.92 Å². The zero-order chi connectivity index (χ0) is 13.2. The Balaban J connectivity index is 2.00. The van der Waals surface area contributed by atoms with E-state index in [1.54, 1.807) is 0 Å². The predicted molar refractivity (Wildman–Crippen MR) is 71.1 cm³/mol. The van der Waals surface area contributed by atoms with Gasteiger partial charge in [0.05, 0.1) is 6.42 Å². The van der Waals surface area contributed by atoms with Gasteiger partial charge in [0.15, 0.2) is 0 Å². The van der Waals surface area contributed by atoms with Crippen molar-refractivity contribution in [2.45, 2.75) is 71.8 Å². The minimum absolute atomic E-state index is 0.0350. The first-order valence-corrected chi connectivity index (χ1v) is 7.50. The van der Waals surface area contributed by atoms with Crippen LogP contribution >= 0.6 is 0 Å². The molecule has 0 aromatic carbocycles. The van der Waals surface area contributed by atoms with E-state index in [0.29, 0.717) is 23.2 Å². The highest BCUT2D eigenvalue weighted by molar-refractivity contribution is 5.73. The van der Waals surface area contributed by atoms with Crippen LogP contribution in [0.5, 0.6) is 0 Å². The van der Waals surface area contributed by atoms with E-state index >= 15 is 0 Å². The highest BCUT2D eigenvalue weighted by atomic mass is 16.6. The molecule has 0 amide bonds. The summed E-state index contributed by atoms with van der Waals surface area (Å²) in [5, 5.41) is 0. The van der Waals surface area contributed by atoms with Crippen molar-refractivity contribution in [3.63, 3.8) is 0 Å². The summed E-state index contributed by atoms with van der Waals surface area (Å²) in [6.45, 7) is 9.46. The minimum Gasteiger partial charge on any atom is -0.459 e.